The molecule has 1 saturated heterocycles. The van der Waals surface area contributed by atoms with Crippen molar-refractivity contribution in [3.8, 4) is 0 Å². The van der Waals surface area contributed by atoms with Gasteiger partial charge in [-0.15, -0.1) is 0 Å². The highest BCUT2D eigenvalue weighted by molar-refractivity contribution is 5.75. The van der Waals surface area contributed by atoms with Crippen LogP contribution in [-0.4, -0.2) is 31.6 Å². The zero-order valence-electron chi connectivity index (χ0n) is 16.2. The molecule has 0 bridgehead atoms. The highest BCUT2D eigenvalue weighted by Gasteiger charge is 2.30. The molecule has 29 heavy (non-hydrogen) atoms. The Labute approximate surface area is 167 Å². The molecule has 1 atom stereocenters. The number of fused-ring (bicyclic) bond motifs is 1. The summed E-state index contributed by atoms with van der Waals surface area (Å²) in [5, 5.41) is 4.03. The van der Waals surface area contributed by atoms with Crippen molar-refractivity contribution in [3.63, 3.8) is 0 Å². The molecule has 1 aliphatic rings. The zero-order chi connectivity index (χ0) is 19.8. The first-order chi connectivity index (χ1) is 14.2. The lowest BCUT2D eigenvalue weighted by atomic mass is 10.1. The van der Waals surface area contributed by atoms with Gasteiger partial charge in [-0.25, -0.2) is 9.37 Å². The molecular formula is C22H22FN5O. The van der Waals surface area contributed by atoms with E-state index in [1.807, 2.05) is 6.07 Å². The molecule has 3 heterocycles. The van der Waals surface area contributed by atoms with Gasteiger partial charge in [-0.1, -0.05) is 29.4 Å². The number of benzene rings is 2. The normalized spacial score (nSPS) is 17.4. The van der Waals surface area contributed by atoms with Crippen molar-refractivity contribution >= 4 is 11.0 Å². The summed E-state index contributed by atoms with van der Waals surface area (Å²) < 4.78 is 19.3. The Morgan fingerprint density at radius 2 is 2.10 bits per heavy atom. The highest BCUT2D eigenvalue weighted by Crippen LogP contribution is 2.32. The number of H-pyrrole nitrogens is 1. The lowest BCUT2D eigenvalue weighted by Gasteiger charge is -2.20. The van der Waals surface area contributed by atoms with Gasteiger partial charge in [0.05, 0.1) is 23.6 Å². The van der Waals surface area contributed by atoms with Crippen LogP contribution in [0.3, 0.4) is 0 Å². The minimum Gasteiger partial charge on any atom is -0.341 e. The molecule has 0 saturated carbocycles. The third-order valence-corrected chi connectivity index (χ3v) is 5.49. The number of aromatic amines is 1. The van der Waals surface area contributed by atoms with Crippen molar-refractivity contribution in [2.45, 2.75) is 38.8 Å². The molecule has 4 aromatic rings. The van der Waals surface area contributed by atoms with E-state index in [0.29, 0.717) is 30.2 Å². The number of hydrogen-bond acceptors (Lipinski definition) is 5. The summed E-state index contributed by atoms with van der Waals surface area (Å²) in [6.45, 7) is 3.59. The number of rotatable bonds is 5. The first-order valence-corrected chi connectivity index (χ1v) is 9.91. The largest absolute Gasteiger partial charge is 0.341 e. The minimum absolute atomic E-state index is 0.199. The van der Waals surface area contributed by atoms with Gasteiger partial charge >= 0.3 is 0 Å². The summed E-state index contributed by atoms with van der Waals surface area (Å²) in [7, 11) is 0. The number of halogens is 1. The molecular weight excluding hydrogens is 369 g/mol. The third kappa shape index (κ3) is 3.65. The first kappa shape index (κ1) is 18.0. The van der Waals surface area contributed by atoms with Gasteiger partial charge in [0.2, 0.25) is 5.89 Å². The summed E-state index contributed by atoms with van der Waals surface area (Å²) in [6.07, 6.45) is 2.45. The predicted octanol–water partition coefficient (Wildman–Crippen LogP) is 4.32. The van der Waals surface area contributed by atoms with Crippen molar-refractivity contribution < 1.29 is 8.91 Å². The second kappa shape index (κ2) is 7.40. The Hall–Kier alpha value is -3.06. The van der Waals surface area contributed by atoms with Crippen LogP contribution in [-0.2, 0) is 13.0 Å². The average molecular weight is 391 g/mol. The van der Waals surface area contributed by atoms with Gasteiger partial charge in [-0.2, -0.15) is 4.98 Å². The molecule has 7 heteroatoms. The van der Waals surface area contributed by atoms with Crippen LogP contribution in [0.15, 0.2) is 47.0 Å². The van der Waals surface area contributed by atoms with Gasteiger partial charge < -0.3 is 9.51 Å². The van der Waals surface area contributed by atoms with Gasteiger partial charge in [0.15, 0.2) is 5.82 Å². The second-order valence-electron chi connectivity index (χ2n) is 7.64. The monoisotopic (exact) mass is 391 g/mol. The molecule has 2 aromatic carbocycles. The van der Waals surface area contributed by atoms with Crippen LogP contribution >= 0.6 is 0 Å². The van der Waals surface area contributed by atoms with Gasteiger partial charge in [0.25, 0.3) is 0 Å². The van der Waals surface area contributed by atoms with Crippen LogP contribution in [0, 0.1) is 12.7 Å². The molecule has 0 aliphatic carbocycles. The summed E-state index contributed by atoms with van der Waals surface area (Å²) >= 11 is 0. The van der Waals surface area contributed by atoms with Gasteiger partial charge in [0.1, 0.15) is 11.6 Å². The standard InChI is InChI=1S/C22H22FN5O/c1-14-8-9-17-18(11-14)25-22(24-17)19-7-4-10-28(19)13-21-26-20(27-29-21)12-15-5-2-3-6-16(15)23/h2-3,5-6,8-9,11,19H,4,7,10,12-13H2,1H3,(H,24,25). The van der Waals surface area contributed by atoms with E-state index in [4.69, 9.17) is 9.51 Å². The van der Waals surface area contributed by atoms with Crippen LogP contribution in [0.1, 0.15) is 47.5 Å². The summed E-state index contributed by atoms with van der Waals surface area (Å²) in [5.74, 6) is 1.78. The molecule has 0 amide bonds. The van der Waals surface area contributed by atoms with E-state index in [1.54, 1.807) is 12.1 Å². The molecule has 2 aromatic heterocycles. The van der Waals surface area contributed by atoms with E-state index >= 15 is 0 Å². The molecule has 1 unspecified atom stereocenters. The number of nitrogens with zero attached hydrogens (tertiary/aromatic N) is 4. The molecule has 5 rings (SSSR count). The zero-order valence-corrected chi connectivity index (χ0v) is 16.2. The fourth-order valence-corrected chi connectivity index (χ4v) is 4.04. The maximum Gasteiger partial charge on any atom is 0.240 e. The maximum absolute atomic E-state index is 13.9. The molecule has 0 radical (unpaired) electrons. The number of hydrogen-bond donors (Lipinski definition) is 1. The van der Waals surface area contributed by atoms with E-state index < -0.39 is 0 Å². The topological polar surface area (TPSA) is 70.8 Å². The Balaban J connectivity index is 1.32. The van der Waals surface area contributed by atoms with Crippen molar-refractivity contribution in [1.29, 1.82) is 0 Å². The summed E-state index contributed by atoms with van der Waals surface area (Å²) in [4.78, 5) is 15.1. The molecule has 0 spiro atoms. The van der Waals surface area contributed by atoms with Crippen LogP contribution in [0.5, 0.6) is 0 Å². The van der Waals surface area contributed by atoms with E-state index in [9.17, 15) is 4.39 Å². The number of nitrogens with one attached hydrogen (secondary N) is 1. The summed E-state index contributed by atoms with van der Waals surface area (Å²) in [5.41, 5.74) is 3.83. The van der Waals surface area contributed by atoms with Crippen molar-refractivity contribution in [2.75, 3.05) is 6.54 Å². The number of imidazole rings is 1. The quantitative estimate of drug-likeness (QED) is 0.549. The Bertz CT molecular complexity index is 1150. The number of aromatic nitrogens is 4. The van der Waals surface area contributed by atoms with Crippen molar-refractivity contribution in [3.05, 3.63) is 76.9 Å². The van der Waals surface area contributed by atoms with Crippen LogP contribution in [0.2, 0.25) is 0 Å². The van der Waals surface area contributed by atoms with Gasteiger partial charge in [-0.3, -0.25) is 4.90 Å². The van der Waals surface area contributed by atoms with Crippen LogP contribution < -0.4 is 0 Å². The average Bonchev–Trinajstić information content (AvgIpc) is 3.43. The third-order valence-electron chi connectivity index (χ3n) is 5.49. The number of likely N-dealkylation sites (tertiary alicyclic amines) is 1. The van der Waals surface area contributed by atoms with Gasteiger partial charge in [0, 0.05) is 6.42 Å². The highest BCUT2D eigenvalue weighted by atomic mass is 19.1. The fourth-order valence-electron chi connectivity index (χ4n) is 4.04. The van der Waals surface area contributed by atoms with Crippen molar-refractivity contribution in [2.24, 2.45) is 0 Å². The maximum atomic E-state index is 13.9. The predicted molar refractivity (Wildman–Crippen MR) is 107 cm³/mol. The first-order valence-electron chi connectivity index (χ1n) is 9.91. The Kier molecular flexibility index (Phi) is 4.60. The summed E-state index contributed by atoms with van der Waals surface area (Å²) in [6, 6.07) is 13.1. The minimum atomic E-state index is -0.251. The fraction of sp³-hybridized carbons (Fsp3) is 0.318. The Morgan fingerprint density at radius 3 is 3.00 bits per heavy atom. The van der Waals surface area contributed by atoms with E-state index in [0.717, 1.165) is 36.2 Å². The van der Waals surface area contributed by atoms with E-state index in [-0.39, 0.29) is 11.9 Å². The Morgan fingerprint density at radius 1 is 1.21 bits per heavy atom. The van der Waals surface area contributed by atoms with E-state index in [1.165, 1.54) is 11.6 Å². The van der Waals surface area contributed by atoms with Gasteiger partial charge in [-0.05, 0) is 55.6 Å². The SMILES string of the molecule is Cc1ccc2nc(C3CCCN3Cc3nc(Cc4ccccc4F)no3)[nH]c2c1. The van der Waals surface area contributed by atoms with Crippen LogP contribution in [0.4, 0.5) is 4.39 Å². The molecule has 1 N–H and O–H groups in total. The molecule has 1 aliphatic heterocycles. The molecule has 6 nitrogen and oxygen atoms in total. The number of aryl methyl sites for hydroxylation is 1. The second-order valence-corrected chi connectivity index (χ2v) is 7.64. The molecule has 1 fully saturated rings. The van der Waals surface area contributed by atoms with E-state index in [2.05, 4.69) is 45.1 Å². The van der Waals surface area contributed by atoms with Crippen molar-refractivity contribution in [1.82, 2.24) is 25.0 Å². The smallest absolute Gasteiger partial charge is 0.240 e. The lowest BCUT2D eigenvalue weighted by molar-refractivity contribution is 0.207. The van der Waals surface area contributed by atoms with Crippen LogP contribution in [0.25, 0.3) is 11.0 Å². The molecule has 148 valence electrons. The lowest BCUT2D eigenvalue weighted by Crippen LogP contribution is -2.23.